The first kappa shape index (κ1) is 22.0. The number of benzene rings is 2. The summed E-state index contributed by atoms with van der Waals surface area (Å²) in [6, 6.07) is 18.7. The molecule has 5 nitrogen and oxygen atoms in total. The van der Waals surface area contributed by atoms with E-state index in [1.165, 1.54) is 17.3 Å². The van der Waals surface area contributed by atoms with Gasteiger partial charge in [0, 0.05) is 11.6 Å². The number of ether oxygens (including phenoxy) is 1. The van der Waals surface area contributed by atoms with Crippen molar-refractivity contribution in [1.29, 1.82) is 0 Å². The van der Waals surface area contributed by atoms with Crippen LogP contribution in [0.2, 0.25) is 0 Å². The molecule has 4 rings (SSSR count). The van der Waals surface area contributed by atoms with Crippen molar-refractivity contribution < 1.29 is 18.7 Å². The SMILES string of the molecule is CCOC(=O)c1ccc(-c2ccc(C=C3SC(=S)N(Cc4ccc(C)cc4)C3=O)o2)cc1. The Kier molecular flexibility index (Phi) is 6.58. The van der Waals surface area contributed by atoms with E-state index >= 15 is 0 Å². The fourth-order valence-electron chi connectivity index (χ4n) is 3.21. The Morgan fingerprint density at radius 2 is 1.81 bits per heavy atom. The number of nitrogens with zero attached hydrogens (tertiary/aromatic N) is 1. The minimum absolute atomic E-state index is 0.127. The summed E-state index contributed by atoms with van der Waals surface area (Å²) in [6.07, 6.45) is 1.71. The zero-order chi connectivity index (χ0) is 22.7. The highest BCUT2D eigenvalue weighted by atomic mass is 32.2. The van der Waals surface area contributed by atoms with Crippen molar-refractivity contribution in [2.75, 3.05) is 6.61 Å². The molecule has 1 aliphatic heterocycles. The molecule has 1 amide bonds. The molecule has 1 aromatic heterocycles. The summed E-state index contributed by atoms with van der Waals surface area (Å²) in [6.45, 7) is 4.57. The monoisotopic (exact) mass is 463 g/mol. The van der Waals surface area contributed by atoms with Crippen molar-refractivity contribution in [2.45, 2.75) is 20.4 Å². The maximum atomic E-state index is 12.9. The smallest absolute Gasteiger partial charge is 0.338 e. The first-order valence-corrected chi connectivity index (χ1v) is 11.4. The zero-order valence-corrected chi connectivity index (χ0v) is 19.3. The molecule has 0 saturated carbocycles. The van der Waals surface area contributed by atoms with Crippen molar-refractivity contribution in [3.05, 3.63) is 88.0 Å². The maximum absolute atomic E-state index is 12.9. The Balaban J connectivity index is 1.48. The van der Waals surface area contributed by atoms with Crippen LogP contribution in [0.15, 0.2) is 70.0 Å². The molecule has 0 N–H and O–H groups in total. The van der Waals surface area contributed by atoms with Crippen LogP contribution < -0.4 is 0 Å². The summed E-state index contributed by atoms with van der Waals surface area (Å²) in [4.78, 5) is 26.8. The van der Waals surface area contributed by atoms with Crippen molar-refractivity contribution in [1.82, 2.24) is 4.90 Å². The summed E-state index contributed by atoms with van der Waals surface area (Å²) < 4.78 is 11.4. The number of hydrogen-bond acceptors (Lipinski definition) is 6. The van der Waals surface area contributed by atoms with Crippen molar-refractivity contribution >= 4 is 46.3 Å². The third kappa shape index (κ3) is 4.84. The molecule has 0 aliphatic carbocycles. The Morgan fingerprint density at radius 1 is 1.09 bits per heavy atom. The van der Waals surface area contributed by atoms with Crippen LogP contribution in [-0.4, -0.2) is 27.7 Å². The van der Waals surface area contributed by atoms with Gasteiger partial charge in [0.15, 0.2) is 0 Å². The van der Waals surface area contributed by atoms with Crippen molar-refractivity contribution in [3.8, 4) is 11.3 Å². The van der Waals surface area contributed by atoms with Crippen molar-refractivity contribution in [3.63, 3.8) is 0 Å². The van der Waals surface area contributed by atoms with Gasteiger partial charge in [-0.25, -0.2) is 4.79 Å². The quantitative estimate of drug-likeness (QED) is 0.260. The minimum atomic E-state index is -0.355. The summed E-state index contributed by atoms with van der Waals surface area (Å²) in [7, 11) is 0. The van der Waals surface area contributed by atoms with Gasteiger partial charge in [-0.15, -0.1) is 0 Å². The number of rotatable bonds is 6. The van der Waals surface area contributed by atoms with E-state index in [2.05, 4.69) is 0 Å². The zero-order valence-electron chi connectivity index (χ0n) is 17.7. The predicted molar refractivity (Wildman–Crippen MR) is 130 cm³/mol. The predicted octanol–water partition coefficient (Wildman–Crippen LogP) is 5.83. The van der Waals surface area contributed by atoms with E-state index in [4.69, 9.17) is 21.4 Å². The van der Waals surface area contributed by atoms with E-state index in [0.717, 1.165) is 11.1 Å². The van der Waals surface area contributed by atoms with E-state index in [1.807, 2.05) is 37.3 Å². The lowest BCUT2D eigenvalue weighted by atomic mass is 10.1. The second-order valence-corrected chi connectivity index (χ2v) is 8.93. The van der Waals surface area contributed by atoms with Gasteiger partial charge in [-0.05, 0) is 43.7 Å². The number of thiocarbonyl (C=S) groups is 1. The van der Waals surface area contributed by atoms with Crippen LogP contribution in [0.1, 0.15) is 34.2 Å². The number of hydrogen-bond donors (Lipinski definition) is 0. The van der Waals surface area contributed by atoms with E-state index in [9.17, 15) is 9.59 Å². The third-order valence-electron chi connectivity index (χ3n) is 4.92. The number of amides is 1. The van der Waals surface area contributed by atoms with E-state index in [1.54, 1.807) is 48.2 Å². The molecular formula is C25H21NO4S2. The van der Waals surface area contributed by atoms with Gasteiger partial charge in [0.25, 0.3) is 5.91 Å². The molecule has 0 unspecified atom stereocenters. The van der Waals surface area contributed by atoms with Gasteiger partial charge in [0.05, 0.1) is 23.6 Å². The lowest BCUT2D eigenvalue weighted by molar-refractivity contribution is -0.122. The van der Waals surface area contributed by atoms with Gasteiger partial charge in [0.2, 0.25) is 0 Å². The van der Waals surface area contributed by atoms with Gasteiger partial charge in [-0.3, -0.25) is 9.69 Å². The average molecular weight is 464 g/mol. The van der Waals surface area contributed by atoms with Crippen LogP contribution in [0.3, 0.4) is 0 Å². The highest BCUT2D eigenvalue weighted by molar-refractivity contribution is 8.26. The molecule has 0 atom stereocenters. The number of thioether (sulfide) groups is 1. The molecule has 0 spiro atoms. The van der Waals surface area contributed by atoms with E-state index < -0.39 is 0 Å². The molecule has 0 radical (unpaired) electrons. The first-order chi connectivity index (χ1) is 15.4. The first-order valence-electron chi connectivity index (χ1n) is 10.1. The van der Waals surface area contributed by atoms with Crippen LogP contribution in [0, 0.1) is 6.92 Å². The molecule has 2 aromatic carbocycles. The van der Waals surface area contributed by atoms with Gasteiger partial charge in [-0.1, -0.05) is 65.9 Å². The number of carbonyl (C=O) groups excluding carboxylic acids is 2. The van der Waals surface area contributed by atoms with Gasteiger partial charge >= 0.3 is 5.97 Å². The second kappa shape index (κ2) is 9.54. The molecule has 162 valence electrons. The van der Waals surface area contributed by atoms with Crippen LogP contribution in [0.25, 0.3) is 17.4 Å². The lowest BCUT2D eigenvalue weighted by Crippen LogP contribution is -2.27. The number of furan rings is 1. The molecule has 1 fully saturated rings. The lowest BCUT2D eigenvalue weighted by Gasteiger charge is -2.14. The van der Waals surface area contributed by atoms with Gasteiger partial charge in [-0.2, -0.15) is 0 Å². The minimum Gasteiger partial charge on any atom is -0.462 e. The van der Waals surface area contributed by atoms with Crippen molar-refractivity contribution in [2.24, 2.45) is 0 Å². The highest BCUT2D eigenvalue weighted by Gasteiger charge is 2.32. The van der Waals surface area contributed by atoms with E-state index in [0.29, 0.717) is 39.5 Å². The summed E-state index contributed by atoms with van der Waals surface area (Å²) >= 11 is 6.70. The molecule has 3 aromatic rings. The normalized spacial score (nSPS) is 14.9. The standard InChI is InChI=1S/C25H21NO4S2/c1-3-29-24(28)19-10-8-18(9-11-19)21-13-12-20(30-21)14-22-23(27)26(25(31)32-22)15-17-6-4-16(2)5-7-17/h4-14H,3,15H2,1-2H3. The third-order valence-corrected chi connectivity index (χ3v) is 6.29. The van der Waals surface area contributed by atoms with E-state index in [-0.39, 0.29) is 11.9 Å². The summed E-state index contributed by atoms with van der Waals surface area (Å²) in [5, 5.41) is 0. The Hall–Kier alpha value is -3.16. The van der Waals surface area contributed by atoms with Crippen LogP contribution in [0.4, 0.5) is 0 Å². The molecule has 2 heterocycles. The number of esters is 1. The molecule has 1 aliphatic rings. The molecular weight excluding hydrogens is 442 g/mol. The molecule has 7 heteroatoms. The molecule has 1 saturated heterocycles. The maximum Gasteiger partial charge on any atom is 0.338 e. The average Bonchev–Trinajstić information content (AvgIpc) is 3.36. The summed E-state index contributed by atoms with van der Waals surface area (Å²) in [5.41, 5.74) is 3.51. The van der Waals surface area contributed by atoms with Crippen LogP contribution in [-0.2, 0) is 16.1 Å². The number of carbonyl (C=O) groups is 2. The molecule has 0 bridgehead atoms. The fraction of sp³-hybridized carbons (Fsp3) is 0.160. The second-order valence-electron chi connectivity index (χ2n) is 7.25. The Labute approximate surface area is 196 Å². The van der Waals surface area contributed by atoms with Gasteiger partial charge in [0.1, 0.15) is 15.8 Å². The topological polar surface area (TPSA) is 59.8 Å². The van der Waals surface area contributed by atoms with Crippen LogP contribution >= 0.6 is 24.0 Å². The molecule has 32 heavy (non-hydrogen) atoms. The fourth-order valence-corrected chi connectivity index (χ4v) is 4.45. The summed E-state index contributed by atoms with van der Waals surface area (Å²) in [5.74, 6) is 0.719. The Morgan fingerprint density at radius 3 is 2.50 bits per heavy atom. The van der Waals surface area contributed by atoms with Crippen LogP contribution in [0.5, 0.6) is 0 Å². The highest BCUT2D eigenvalue weighted by Crippen LogP contribution is 2.34. The largest absolute Gasteiger partial charge is 0.462 e. The van der Waals surface area contributed by atoms with Gasteiger partial charge < -0.3 is 9.15 Å². The Bertz CT molecular complexity index is 1190. The number of aryl methyl sites for hydroxylation is 1.